The lowest BCUT2D eigenvalue weighted by atomic mass is 9.76. The highest BCUT2D eigenvalue weighted by atomic mass is 15.1. The normalized spacial score (nSPS) is 12.6. The van der Waals surface area contributed by atoms with Crippen LogP contribution in [0.1, 0.15) is 52.3 Å². The van der Waals surface area contributed by atoms with Crippen molar-refractivity contribution < 1.29 is 0 Å². The van der Waals surface area contributed by atoms with Gasteiger partial charge in [-0.05, 0) is 49.1 Å². The number of fused-ring (bicyclic) bond motifs is 1. The van der Waals surface area contributed by atoms with Crippen molar-refractivity contribution in [3.8, 4) is 0 Å². The highest BCUT2D eigenvalue weighted by molar-refractivity contribution is 5.84. The van der Waals surface area contributed by atoms with E-state index in [1.54, 1.807) is 0 Å². The van der Waals surface area contributed by atoms with Crippen molar-refractivity contribution in [3.05, 3.63) is 161 Å². The fourth-order valence-corrected chi connectivity index (χ4v) is 6.24. The standard InChI is InChI=1S/C36H36N4/c1-26-32-21-13-14-22-34(32)39-33(26)23-24-37-27(2)35-28(3)40(25-38-35)36(29-15-7-4-8-16-29,30-17-9-5-10-18-30)31-19-11-6-12-20-31/h4-22,25,27,37,39H,23-24H2,1-3H3. The van der Waals surface area contributed by atoms with Gasteiger partial charge >= 0.3 is 0 Å². The number of hydrogen-bond donors (Lipinski definition) is 2. The van der Waals surface area contributed by atoms with Crippen molar-refractivity contribution in [1.82, 2.24) is 19.9 Å². The monoisotopic (exact) mass is 524 g/mol. The van der Waals surface area contributed by atoms with Gasteiger partial charge in [0.2, 0.25) is 0 Å². The molecule has 2 heterocycles. The summed E-state index contributed by atoms with van der Waals surface area (Å²) in [6, 6.07) is 41.0. The van der Waals surface area contributed by atoms with Crippen LogP contribution in [0.4, 0.5) is 0 Å². The van der Waals surface area contributed by atoms with Crippen molar-refractivity contribution in [2.45, 2.75) is 38.8 Å². The molecule has 4 nitrogen and oxygen atoms in total. The van der Waals surface area contributed by atoms with Gasteiger partial charge < -0.3 is 14.9 Å². The Balaban J connectivity index is 1.36. The fourth-order valence-electron chi connectivity index (χ4n) is 6.24. The Morgan fingerprint density at radius 3 is 1.82 bits per heavy atom. The Morgan fingerprint density at radius 1 is 0.750 bits per heavy atom. The van der Waals surface area contributed by atoms with E-state index < -0.39 is 5.54 Å². The maximum Gasteiger partial charge on any atom is 0.121 e. The summed E-state index contributed by atoms with van der Waals surface area (Å²) in [5.74, 6) is 0. The summed E-state index contributed by atoms with van der Waals surface area (Å²) in [5, 5.41) is 5.05. The van der Waals surface area contributed by atoms with Crippen LogP contribution >= 0.6 is 0 Å². The number of para-hydroxylation sites is 1. The van der Waals surface area contributed by atoms with Crippen molar-refractivity contribution in [1.29, 1.82) is 0 Å². The number of nitrogens with one attached hydrogen (secondary N) is 2. The van der Waals surface area contributed by atoms with Crippen LogP contribution in [0.15, 0.2) is 122 Å². The van der Waals surface area contributed by atoms with Gasteiger partial charge in [-0.25, -0.2) is 4.98 Å². The van der Waals surface area contributed by atoms with E-state index in [-0.39, 0.29) is 6.04 Å². The molecule has 4 aromatic carbocycles. The molecule has 0 saturated heterocycles. The summed E-state index contributed by atoms with van der Waals surface area (Å²) in [4.78, 5) is 8.64. The zero-order valence-corrected chi connectivity index (χ0v) is 23.4. The van der Waals surface area contributed by atoms with Crippen molar-refractivity contribution in [2.75, 3.05) is 6.54 Å². The molecule has 0 bridgehead atoms. The summed E-state index contributed by atoms with van der Waals surface area (Å²) < 4.78 is 2.36. The Hall–Kier alpha value is -4.41. The number of rotatable bonds is 9. The lowest BCUT2D eigenvalue weighted by Gasteiger charge is -2.38. The molecule has 0 aliphatic rings. The molecular formula is C36H36N4. The third kappa shape index (κ3) is 4.44. The minimum absolute atomic E-state index is 0.103. The SMILES string of the molecule is Cc1c(CCNC(C)c2ncn(C(c3ccccc3)(c3ccccc3)c3ccccc3)c2C)[nH]c2ccccc12. The minimum atomic E-state index is -0.555. The van der Waals surface area contributed by atoms with Crippen LogP contribution in [0.2, 0.25) is 0 Å². The number of nitrogens with zero attached hydrogens (tertiary/aromatic N) is 2. The van der Waals surface area contributed by atoms with Crippen LogP contribution in [-0.4, -0.2) is 21.1 Å². The molecule has 2 N–H and O–H groups in total. The van der Waals surface area contributed by atoms with E-state index in [9.17, 15) is 0 Å². The number of imidazole rings is 1. The molecule has 0 spiro atoms. The summed E-state index contributed by atoms with van der Waals surface area (Å²) in [7, 11) is 0. The van der Waals surface area contributed by atoms with Crippen molar-refractivity contribution >= 4 is 10.9 Å². The smallest absolute Gasteiger partial charge is 0.121 e. The molecule has 0 aliphatic carbocycles. The highest BCUT2D eigenvalue weighted by Crippen LogP contribution is 2.42. The largest absolute Gasteiger partial charge is 0.358 e. The van der Waals surface area contributed by atoms with E-state index in [2.05, 4.69) is 151 Å². The number of hydrogen-bond acceptors (Lipinski definition) is 2. The average Bonchev–Trinajstić information content (AvgIpc) is 3.55. The average molecular weight is 525 g/mol. The van der Waals surface area contributed by atoms with E-state index in [1.165, 1.54) is 38.9 Å². The zero-order valence-electron chi connectivity index (χ0n) is 23.4. The summed E-state index contributed by atoms with van der Waals surface area (Å²) in [5.41, 5.74) is 9.11. The first-order valence-corrected chi connectivity index (χ1v) is 14.1. The van der Waals surface area contributed by atoms with Gasteiger partial charge in [0.15, 0.2) is 0 Å². The molecule has 4 heteroatoms. The van der Waals surface area contributed by atoms with Crippen molar-refractivity contribution in [3.63, 3.8) is 0 Å². The Bertz CT molecular complexity index is 1600. The van der Waals surface area contributed by atoms with Crippen LogP contribution < -0.4 is 5.32 Å². The second-order valence-corrected chi connectivity index (χ2v) is 10.6. The molecule has 0 aliphatic heterocycles. The first-order valence-electron chi connectivity index (χ1n) is 14.1. The Morgan fingerprint density at radius 2 is 1.27 bits per heavy atom. The maximum absolute atomic E-state index is 5.03. The maximum atomic E-state index is 5.03. The van der Waals surface area contributed by atoms with Crippen LogP contribution in [0.5, 0.6) is 0 Å². The molecule has 0 radical (unpaired) electrons. The predicted molar refractivity (Wildman–Crippen MR) is 165 cm³/mol. The highest BCUT2D eigenvalue weighted by Gasteiger charge is 2.39. The Labute approximate surface area is 236 Å². The first kappa shape index (κ1) is 25.8. The first-order chi connectivity index (χ1) is 19.6. The molecule has 0 saturated carbocycles. The van der Waals surface area contributed by atoms with E-state index in [0.717, 1.165) is 24.4 Å². The second-order valence-electron chi connectivity index (χ2n) is 10.6. The summed E-state index contributed by atoms with van der Waals surface area (Å²) in [6.45, 7) is 7.49. The van der Waals surface area contributed by atoms with Gasteiger partial charge in [0.05, 0.1) is 12.0 Å². The molecule has 200 valence electrons. The third-order valence-corrected chi connectivity index (χ3v) is 8.29. The second kappa shape index (κ2) is 11.0. The molecule has 0 amide bonds. The molecule has 1 unspecified atom stereocenters. The summed E-state index contributed by atoms with van der Waals surface area (Å²) in [6.07, 6.45) is 2.96. The van der Waals surface area contributed by atoms with Gasteiger partial charge in [-0.1, -0.05) is 109 Å². The number of aryl methyl sites for hydroxylation is 1. The van der Waals surface area contributed by atoms with E-state index >= 15 is 0 Å². The van der Waals surface area contributed by atoms with Gasteiger partial charge in [-0.2, -0.15) is 0 Å². The van der Waals surface area contributed by atoms with Crippen LogP contribution in [-0.2, 0) is 12.0 Å². The van der Waals surface area contributed by atoms with Crippen molar-refractivity contribution in [2.24, 2.45) is 0 Å². The Kier molecular flexibility index (Phi) is 7.10. The van der Waals surface area contributed by atoms with E-state index in [1.807, 2.05) is 6.33 Å². The molecule has 6 aromatic rings. The lowest BCUT2D eigenvalue weighted by molar-refractivity contribution is 0.499. The van der Waals surface area contributed by atoms with E-state index in [0.29, 0.717) is 0 Å². The van der Waals surface area contributed by atoms with Gasteiger partial charge in [0.25, 0.3) is 0 Å². The quantitative estimate of drug-likeness (QED) is 0.190. The molecule has 6 rings (SSSR count). The molecule has 1 atom stereocenters. The molecule has 0 fully saturated rings. The van der Waals surface area contributed by atoms with Gasteiger partial charge in [-0.3, -0.25) is 0 Å². The summed E-state index contributed by atoms with van der Waals surface area (Å²) >= 11 is 0. The van der Waals surface area contributed by atoms with Crippen LogP contribution in [0.25, 0.3) is 10.9 Å². The molecular weight excluding hydrogens is 488 g/mol. The lowest BCUT2D eigenvalue weighted by Crippen LogP contribution is -2.38. The minimum Gasteiger partial charge on any atom is -0.358 e. The fraction of sp³-hybridized carbons (Fsp3) is 0.194. The number of aromatic nitrogens is 3. The van der Waals surface area contributed by atoms with Gasteiger partial charge in [0.1, 0.15) is 5.54 Å². The number of aromatic amines is 1. The topological polar surface area (TPSA) is 45.6 Å². The van der Waals surface area contributed by atoms with Crippen LogP contribution in [0.3, 0.4) is 0 Å². The van der Waals surface area contributed by atoms with E-state index in [4.69, 9.17) is 4.98 Å². The predicted octanol–water partition coefficient (Wildman–Crippen LogP) is 7.71. The zero-order chi connectivity index (χ0) is 27.5. The van der Waals surface area contributed by atoms with Gasteiger partial charge in [-0.15, -0.1) is 0 Å². The molecule has 2 aromatic heterocycles. The number of H-pyrrole nitrogens is 1. The van der Waals surface area contributed by atoms with Crippen LogP contribution in [0, 0.1) is 13.8 Å². The number of benzene rings is 4. The van der Waals surface area contributed by atoms with Gasteiger partial charge in [0, 0.05) is 41.3 Å². The molecule has 40 heavy (non-hydrogen) atoms. The third-order valence-electron chi connectivity index (χ3n) is 8.29.